The highest BCUT2D eigenvalue weighted by molar-refractivity contribution is 9.10. The SMILES string of the molecule is Cc1ccc(C(N)Cc2cncs2)cc1Br. The first-order chi connectivity index (χ1) is 7.66. The van der Waals surface area contributed by atoms with E-state index in [2.05, 4.69) is 46.0 Å². The largest absolute Gasteiger partial charge is 0.324 e. The van der Waals surface area contributed by atoms with Gasteiger partial charge >= 0.3 is 0 Å². The number of hydrogen-bond donors (Lipinski definition) is 1. The van der Waals surface area contributed by atoms with Crippen LogP contribution in [0.15, 0.2) is 34.4 Å². The number of thiazole rings is 1. The van der Waals surface area contributed by atoms with Crippen molar-refractivity contribution in [1.82, 2.24) is 4.98 Å². The lowest BCUT2D eigenvalue weighted by Crippen LogP contribution is -2.12. The molecule has 0 aliphatic heterocycles. The molecule has 0 spiro atoms. The summed E-state index contributed by atoms with van der Waals surface area (Å²) in [5, 5.41) is 0. The molecule has 0 fully saturated rings. The van der Waals surface area contributed by atoms with Crippen LogP contribution in [0, 0.1) is 6.92 Å². The van der Waals surface area contributed by atoms with Crippen molar-refractivity contribution in [3.63, 3.8) is 0 Å². The van der Waals surface area contributed by atoms with Gasteiger partial charge in [-0.3, -0.25) is 4.98 Å². The average Bonchev–Trinajstić information content (AvgIpc) is 2.74. The van der Waals surface area contributed by atoms with Gasteiger partial charge in [0.05, 0.1) is 5.51 Å². The molecule has 0 aliphatic carbocycles. The predicted molar refractivity (Wildman–Crippen MR) is 71.6 cm³/mol. The Kier molecular flexibility index (Phi) is 3.74. The lowest BCUT2D eigenvalue weighted by Gasteiger charge is -2.11. The fourth-order valence-corrected chi connectivity index (χ4v) is 2.57. The Balaban J connectivity index is 2.14. The molecule has 2 aromatic rings. The van der Waals surface area contributed by atoms with Crippen LogP contribution in [0.5, 0.6) is 0 Å². The van der Waals surface area contributed by atoms with Gasteiger partial charge in [-0.25, -0.2) is 0 Å². The Morgan fingerprint density at radius 1 is 1.50 bits per heavy atom. The van der Waals surface area contributed by atoms with E-state index in [0.29, 0.717) is 0 Å². The fraction of sp³-hybridized carbons (Fsp3) is 0.250. The van der Waals surface area contributed by atoms with Crippen LogP contribution in [0.25, 0.3) is 0 Å². The van der Waals surface area contributed by atoms with E-state index in [4.69, 9.17) is 5.73 Å². The van der Waals surface area contributed by atoms with E-state index in [1.165, 1.54) is 10.4 Å². The van der Waals surface area contributed by atoms with Crippen molar-refractivity contribution in [3.05, 3.63) is 50.4 Å². The monoisotopic (exact) mass is 296 g/mol. The Labute approximate surface area is 108 Å². The summed E-state index contributed by atoms with van der Waals surface area (Å²) >= 11 is 5.18. The van der Waals surface area contributed by atoms with Crippen molar-refractivity contribution in [2.75, 3.05) is 0 Å². The summed E-state index contributed by atoms with van der Waals surface area (Å²) in [7, 11) is 0. The molecule has 0 aliphatic rings. The summed E-state index contributed by atoms with van der Waals surface area (Å²) < 4.78 is 1.12. The van der Waals surface area contributed by atoms with Crippen LogP contribution >= 0.6 is 27.3 Å². The molecule has 0 saturated carbocycles. The van der Waals surface area contributed by atoms with Crippen LogP contribution in [0.1, 0.15) is 22.0 Å². The van der Waals surface area contributed by atoms with Gasteiger partial charge < -0.3 is 5.73 Å². The topological polar surface area (TPSA) is 38.9 Å². The molecule has 2 N–H and O–H groups in total. The van der Waals surface area contributed by atoms with Crippen molar-refractivity contribution in [3.8, 4) is 0 Å². The standard InChI is InChI=1S/C12H13BrN2S/c1-8-2-3-9(4-11(8)13)12(14)5-10-6-15-7-16-10/h2-4,6-7,12H,5,14H2,1H3. The molecule has 0 radical (unpaired) electrons. The zero-order valence-electron chi connectivity index (χ0n) is 8.98. The molecule has 0 bridgehead atoms. The smallest absolute Gasteiger partial charge is 0.0794 e. The molecule has 1 aromatic carbocycles. The first kappa shape index (κ1) is 11.8. The molecule has 1 unspecified atom stereocenters. The van der Waals surface area contributed by atoms with Gasteiger partial charge in [0.25, 0.3) is 0 Å². The molecule has 1 aromatic heterocycles. The van der Waals surface area contributed by atoms with E-state index in [9.17, 15) is 0 Å². The fourth-order valence-electron chi connectivity index (χ4n) is 1.52. The number of nitrogens with zero attached hydrogens (tertiary/aromatic N) is 1. The summed E-state index contributed by atoms with van der Waals surface area (Å²) in [4.78, 5) is 5.28. The van der Waals surface area contributed by atoms with Crippen LogP contribution in [-0.4, -0.2) is 4.98 Å². The van der Waals surface area contributed by atoms with Gasteiger partial charge in [0, 0.05) is 28.0 Å². The maximum absolute atomic E-state index is 6.16. The second-order valence-electron chi connectivity index (χ2n) is 3.79. The molecule has 0 amide bonds. The third-order valence-corrected chi connectivity index (χ3v) is 4.18. The van der Waals surface area contributed by atoms with Crippen LogP contribution in [-0.2, 0) is 6.42 Å². The summed E-state index contributed by atoms with van der Waals surface area (Å²) in [5.74, 6) is 0. The minimum absolute atomic E-state index is 0.0392. The van der Waals surface area contributed by atoms with Gasteiger partial charge in [0.1, 0.15) is 0 Å². The molecule has 4 heteroatoms. The van der Waals surface area contributed by atoms with E-state index in [0.717, 1.165) is 16.5 Å². The molecule has 1 heterocycles. The highest BCUT2D eigenvalue weighted by atomic mass is 79.9. The predicted octanol–water partition coefficient (Wildman–Crippen LogP) is 3.46. The number of hydrogen-bond acceptors (Lipinski definition) is 3. The minimum Gasteiger partial charge on any atom is -0.324 e. The van der Waals surface area contributed by atoms with Crippen LogP contribution < -0.4 is 5.73 Å². The quantitative estimate of drug-likeness (QED) is 0.942. The first-order valence-electron chi connectivity index (χ1n) is 5.06. The highest BCUT2D eigenvalue weighted by Crippen LogP contribution is 2.23. The van der Waals surface area contributed by atoms with E-state index in [1.807, 2.05) is 11.7 Å². The molecule has 1 atom stereocenters. The third kappa shape index (κ3) is 2.70. The van der Waals surface area contributed by atoms with E-state index >= 15 is 0 Å². The number of aromatic nitrogens is 1. The number of halogens is 1. The summed E-state index contributed by atoms with van der Waals surface area (Å²) in [6.45, 7) is 2.07. The molecule has 16 heavy (non-hydrogen) atoms. The zero-order chi connectivity index (χ0) is 11.5. The van der Waals surface area contributed by atoms with Gasteiger partial charge in [0.15, 0.2) is 0 Å². The minimum atomic E-state index is 0.0392. The Hall–Kier alpha value is -0.710. The molecule has 2 nitrogen and oxygen atoms in total. The number of rotatable bonds is 3. The molecular formula is C12H13BrN2S. The Morgan fingerprint density at radius 3 is 2.94 bits per heavy atom. The average molecular weight is 297 g/mol. The van der Waals surface area contributed by atoms with Crippen LogP contribution in [0.4, 0.5) is 0 Å². The van der Waals surface area contributed by atoms with E-state index in [1.54, 1.807) is 11.3 Å². The highest BCUT2D eigenvalue weighted by Gasteiger charge is 2.09. The normalized spacial score (nSPS) is 12.7. The van der Waals surface area contributed by atoms with Crippen molar-refractivity contribution in [2.24, 2.45) is 5.73 Å². The van der Waals surface area contributed by atoms with Gasteiger partial charge in [-0.2, -0.15) is 0 Å². The first-order valence-corrected chi connectivity index (χ1v) is 6.73. The molecule has 84 valence electrons. The number of nitrogens with two attached hydrogens (primary N) is 1. The van der Waals surface area contributed by atoms with Gasteiger partial charge in [-0.15, -0.1) is 11.3 Å². The Morgan fingerprint density at radius 2 is 2.31 bits per heavy atom. The van der Waals surface area contributed by atoms with E-state index < -0.39 is 0 Å². The van der Waals surface area contributed by atoms with Crippen molar-refractivity contribution >= 4 is 27.3 Å². The lowest BCUT2D eigenvalue weighted by molar-refractivity contribution is 0.728. The van der Waals surface area contributed by atoms with Crippen molar-refractivity contribution in [2.45, 2.75) is 19.4 Å². The molecule has 0 saturated heterocycles. The van der Waals surface area contributed by atoms with Crippen molar-refractivity contribution in [1.29, 1.82) is 0 Å². The van der Waals surface area contributed by atoms with Gasteiger partial charge in [-0.1, -0.05) is 28.1 Å². The maximum Gasteiger partial charge on any atom is 0.0794 e. The van der Waals surface area contributed by atoms with Crippen molar-refractivity contribution < 1.29 is 0 Å². The second-order valence-corrected chi connectivity index (χ2v) is 5.61. The summed E-state index contributed by atoms with van der Waals surface area (Å²) in [6, 6.07) is 6.32. The third-order valence-electron chi connectivity index (χ3n) is 2.53. The van der Waals surface area contributed by atoms with E-state index in [-0.39, 0.29) is 6.04 Å². The van der Waals surface area contributed by atoms with Gasteiger partial charge in [-0.05, 0) is 24.1 Å². The molecule has 2 rings (SSSR count). The van der Waals surface area contributed by atoms with Gasteiger partial charge in [0.2, 0.25) is 0 Å². The van der Waals surface area contributed by atoms with Crippen LogP contribution in [0.2, 0.25) is 0 Å². The lowest BCUT2D eigenvalue weighted by atomic mass is 10.0. The summed E-state index contributed by atoms with van der Waals surface area (Å²) in [6.07, 6.45) is 2.73. The summed E-state index contributed by atoms with van der Waals surface area (Å²) in [5.41, 5.74) is 10.4. The second kappa shape index (κ2) is 5.08. The van der Waals surface area contributed by atoms with Crippen LogP contribution in [0.3, 0.4) is 0 Å². The Bertz CT molecular complexity index is 468. The zero-order valence-corrected chi connectivity index (χ0v) is 11.4. The molecular weight excluding hydrogens is 284 g/mol. The number of benzene rings is 1. The number of aryl methyl sites for hydroxylation is 1. The maximum atomic E-state index is 6.16.